The summed E-state index contributed by atoms with van der Waals surface area (Å²) in [6, 6.07) is 11.6. The highest BCUT2D eigenvalue weighted by molar-refractivity contribution is 6.30. The molecule has 128 valence electrons. The van der Waals surface area contributed by atoms with E-state index in [-0.39, 0.29) is 5.91 Å². The number of rotatable bonds is 3. The molecular formula is C18H18ClN5O. The van der Waals surface area contributed by atoms with E-state index in [1.54, 1.807) is 6.20 Å². The lowest BCUT2D eigenvalue weighted by molar-refractivity contribution is 0.0624. The highest BCUT2D eigenvalue weighted by Crippen LogP contribution is 2.19. The van der Waals surface area contributed by atoms with Crippen molar-refractivity contribution >= 4 is 28.4 Å². The van der Waals surface area contributed by atoms with Crippen molar-refractivity contribution in [1.82, 2.24) is 25.0 Å². The highest BCUT2D eigenvalue weighted by Gasteiger charge is 2.25. The molecule has 7 heteroatoms. The molecule has 1 aliphatic heterocycles. The van der Waals surface area contributed by atoms with E-state index < -0.39 is 0 Å². The van der Waals surface area contributed by atoms with Gasteiger partial charge in [0.1, 0.15) is 5.15 Å². The number of aromatic nitrogens is 3. The van der Waals surface area contributed by atoms with Gasteiger partial charge in [-0.3, -0.25) is 14.8 Å². The molecular weight excluding hydrogens is 338 g/mol. The average molecular weight is 356 g/mol. The Balaban J connectivity index is 1.42. The number of H-pyrrole nitrogens is 1. The van der Waals surface area contributed by atoms with Gasteiger partial charge in [-0.05, 0) is 12.1 Å². The quantitative estimate of drug-likeness (QED) is 0.733. The minimum Gasteiger partial charge on any atom is -0.335 e. The zero-order valence-electron chi connectivity index (χ0n) is 13.7. The van der Waals surface area contributed by atoms with E-state index in [4.69, 9.17) is 11.6 Å². The highest BCUT2D eigenvalue weighted by atomic mass is 35.5. The molecule has 0 radical (unpaired) electrons. The maximum atomic E-state index is 12.8. The normalized spacial score (nSPS) is 15.6. The van der Waals surface area contributed by atoms with Crippen LogP contribution in [-0.4, -0.2) is 57.1 Å². The second-order valence-electron chi connectivity index (χ2n) is 6.14. The van der Waals surface area contributed by atoms with Crippen LogP contribution in [0.25, 0.3) is 10.9 Å². The molecule has 1 aromatic carbocycles. The van der Waals surface area contributed by atoms with Crippen molar-refractivity contribution in [1.29, 1.82) is 0 Å². The van der Waals surface area contributed by atoms with E-state index in [0.717, 1.165) is 36.1 Å². The van der Waals surface area contributed by atoms with Crippen LogP contribution >= 0.6 is 11.6 Å². The molecule has 0 saturated carbocycles. The Morgan fingerprint density at radius 2 is 1.92 bits per heavy atom. The molecule has 1 amide bonds. The van der Waals surface area contributed by atoms with Crippen LogP contribution in [-0.2, 0) is 6.54 Å². The van der Waals surface area contributed by atoms with Gasteiger partial charge in [-0.2, -0.15) is 5.10 Å². The first-order valence-corrected chi connectivity index (χ1v) is 8.64. The van der Waals surface area contributed by atoms with E-state index in [1.165, 1.54) is 0 Å². The molecule has 0 aliphatic carbocycles. The van der Waals surface area contributed by atoms with Crippen LogP contribution in [0.4, 0.5) is 0 Å². The third-order valence-electron chi connectivity index (χ3n) is 4.56. The fourth-order valence-corrected chi connectivity index (χ4v) is 3.34. The molecule has 0 atom stereocenters. The summed E-state index contributed by atoms with van der Waals surface area (Å²) in [6.07, 6.45) is 1.69. The van der Waals surface area contributed by atoms with Crippen molar-refractivity contribution in [3.05, 3.63) is 59.0 Å². The number of aromatic amines is 1. The van der Waals surface area contributed by atoms with Gasteiger partial charge < -0.3 is 4.90 Å². The minimum atomic E-state index is -0.0171. The third kappa shape index (κ3) is 3.23. The van der Waals surface area contributed by atoms with Crippen LogP contribution in [0.5, 0.6) is 0 Å². The monoisotopic (exact) mass is 355 g/mol. The van der Waals surface area contributed by atoms with E-state index in [0.29, 0.717) is 23.9 Å². The number of piperazine rings is 1. The van der Waals surface area contributed by atoms with Gasteiger partial charge in [-0.15, -0.1) is 0 Å². The maximum Gasteiger partial charge on any atom is 0.275 e. The van der Waals surface area contributed by atoms with Gasteiger partial charge >= 0.3 is 0 Å². The van der Waals surface area contributed by atoms with E-state index in [2.05, 4.69) is 20.1 Å². The Labute approximate surface area is 150 Å². The van der Waals surface area contributed by atoms with Gasteiger partial charge in [0.25, 0.3) is 5.91 Å². The van der Waals surface area contributed by atoms with Crippen molar-refractivity contribution in [2.45, 2.75) is 6.54 Å². The number of para-hydroxylation sites is 1. The molecule has 1 aliphatic rings. The largest absolute Gasteiger partial charge is 0.335 e. The van der Waals surface area contributed by atoms with Crippen LogP contribution < -0.4 is 0 Å². The second-order valence-corrected chi connectivity index (χ2v) is 6.50. The summed E-state index contributed by atoms with van der Waals surface area (Å²) in [5, 5.41) is 8.56. The predicted molar refractivity (Wildman–Crippen MR) is 96.5 cm³/mol. The molecule has 6 nitrogen and oxygen atoms in total. The Morgan fingerprint density at radius 3 is 2.72 bits per heavy atom. The number of halogens is 1. The number of pyridine rings is 1. The number of nitrogens with zero attached hydrogens (tertiary/aromatic N) is 4. The summed E-state index contributed by atoms with van der Waals surface area (Å²) in [6.45, 7) is 3.72. The van der Waals surface area contributed by atoms with Crippen molar-refractivity contribution < 1.29 is 4.79 Å². The molecule has 4 rings (SSSR count). The smallest absolute Gasteiger partial charge is 0.275 e. The Hall–Kier alpha value is -2.44. The number of benzene rings is 1. The molecule has 1 saturated heterocycles. The maximum absolute atomic E-state index is 12.8. The van der Waals surface area contributed by atoms with Gasteiger partial charge in [0.15, 0.2) is 5.69 Å². The third-order valence-corrected chi connectivity index (χ3v) is 4.90. The van der Waals surface area contributed by atoms with Crippen molar-refractivity contribution in [3.63, 3.8) is 0 Å². The number of nitrogens with one attached hydrogen (secondary N) is 1. The van der Waals surface area contributed by atoms with E-state index in [1.807, 2.05) is 41.3 Å². The zero-order chi connectivity index (χ0) is 17.2. The number of amides is 1. The topological polar surface area (TPSA) is 65.1 Å². The van der Waals surface area contributed by atoms with Gasteiger partial charge in [-0.1, -0.05) is 35.9 Å². The Bertz CT molecular complexity index is 901. The lowest BCUT2D eigenvalue weighted by Crippen LogP contribution is -2.48. The molecule has 25 heavy (non-hydrogen) atoms. The van der Waals surface area contributed by atoms with Crippen LogP contribution in [0.2, 0.25) is 5.15 Å². The SMILES string of the molecule is O=C(c1n[nH]c2ccccc12)N1CCN(Cc2cccnc2Cl)CC1. The van der Waals surface area contributed by atoms with Gasteiger partial charge in [-0.25, -0.2) is 4.98 Å². The lowest BCUT2D eigenvalue weighted by atomic mass is 10.2. The first-order valence-electron chi connectivity index (χ1n) is 8.26. The zero-order valence-corrected chi connectivity index (χ0v) is 14.4. The number of hydrogen-bond acceptors (Lipinski definition) is 4. The van der Waals surface area contributed by atoms with Crippen LogP contribution in [0, 0.1) is 0 Å². The predicted octanol–water partition coefficient (Wildman–Crippen LogP) is 2.57. The average Bonchev–Trinajstić information content (AvgIpc) is 3.08. The van der Waals surface area contributed by atoms with Crippen molar-refractivity contribution in [2.24, 2.45) is 0 Å². The second kappa shape index (κ2) is 6.82. The molecule has 0 spiro atoms. The van der Waals surface area contributed by atoms with Crippen LogP contribution in [0.1, 0.15) is 16.1 Å². The molecule has 1 fully saturated rings. The summed E-state index contributed by atoms with van der Waals surface area (Å²) in [7, 11) is 0. The van der Waals surface area contributed by atoms with Crippen molar-refractivity contribution in [2.75, 3.05) is 26.2 Å². The molecule has 2 aromatic heterocycles. The number of fused-ring (bicyclic) bond motifs is 1. The molecule has 0 bridgehead atoms. The van der Waals surface area contributed by atoms with Gasteiger partial charge in [0, 0.05) is 49.9 Å². The summed E-state index contributed by atoms with van der Waals surface area (Å²) < 4.78 is 0. The van der Waals surface area contributed by atoms with Crippen molar-refractivity contribution in [3.8, 4) is 0 Å². The van der Waals surface area contributed by atoms with E-state index in [9.17, 15) is 4.79 Å². The standard InChI is InChI=1S/C18H18ClN5O/c19-17-13(4-3-7-20-17)12-23-8-10-24(11-9-23)18(25)16-14-5-1-2-6-15(14)21-22-16/h1-7H,8-12H2,(H,21,22). The minimum absolute atomic E-state index is 0.0171. The lowest BCUT2D eigenvalue weighted by Gasteiger charge is -2.34. The summed E-state index contributed by atoms with van der Waals surface area (Å²) >= 11 is 6.13. The first-order chi connectivity index (χ1) is 12.2. The Morgan fingerprint density at radius 1 is 1.12 bits per heavy atom. The fourth-order valence-electron chi connectivity index (χ4n) is 3.16. The summed E-state index contributed by atoms with van der Waals surface area (Å²) in [5.41, 5.74) is 2.40. The van der Waals surface area contributed by atoms with E-state index >= 15 is 0 Å². The summed E-state index contributed by atoms with van der Waals surface area (Å²) in [4.78, 5) is 21.1. The molecule has 0 unspecified atom stereocenters. The van der Waals surface area contributed by atoms with Crippen LogP contribution in [0.3, 0.4) is 0 Å². The number of hydrogen-bond donors (Lipinski definition) is 1. The van der Waals surface area contributed by atoms with Crippen LogP contribution in [0.15, 0.2) is 42.6 Å². The molecule has 1 N–H and O–H groups in total. The summed E-state index contributed by atoms with van der Waals surface area (Å²) in [5.74, 6) is -0.0171. The molecule has 3 aromatic rings. The van der Waals surface area contributed by atoms with Gasteiger partial charge in [0.05, 0.1) is 5.52 Å². The number of carbonyl (C=O) groups excluding carboxylic acids is 1. The van der Waals surface area contributed by atoms with Gasteiger partial charge in [0.2, 0.25) is 0 Å². The Kier molecular flexibility index (Phi) is 4.38. The first kappa shape index (κ1) is 16.1. The number of carbonyl (C=O) groups is 1. The molecule has 3 heterocycles. The fraction of sp³-hybridized carbons (Fsp3) is 0.278.